The van der Waals surface area contributed by atoms with Crippen molar-refractivity contribution in [2.75, 3.05) is 45.9 Å². The maximum absolute atomic E-state index is 11.9. The molecule has 1 fully saturated rings. The largest absolute Gasteiger partial charge is 0.493 e. The number of benzene rings is 1. The number of hydrogen-bond donors (Lipinski definition) is 1. The Morgan fingerprint density at radius 3 is 2.68 bits per heavy atom. The lowest BCUT2D eigenvalue weighted by Crippen LogP contribution is -2.51. The van der Waals surface area contributed by atoms with Crippen LogP contribution in [0.4, 0.5) is 0 Å². The molecule has 1 aromatic carbocycles. The maximum atomic E-state index is 11.9. The van der Waals surface area contributed by atoms with Gasteiger partial charge in [-0.25, -0.2) is 0 Å². The zero-order valence-corrected chi connectivity index (χ0v) is 15.5. The van der Waals surface area contributed by atoms with Crippen LogP contribution in [0.15, 0.2) is 24.3 Å². The molecule has 1 atom stereocenters. The van der Waals surface area contributed by atoms with E-state index in [2.05, 4.69) is 33.3 Å². The van der Waals surface area contributed by atoms with Gasteiger partial charge in [0, 0.05) is 38.8 Å². The van der Waals surface area contributed by atoms with E-state index < -0.39 is 0 Å². The number of ether oxygens (including phenoxy) is 1. The second kappa shape index (κ2) is 8.68. The number of nitrogens with one attached hydrogen (secondary N) is 1. The molecule has 0 aliphatic carbocycles. The molecule has 1 aromatic rings. The quantitative estimate of drug-likeness (QED) is 0.883. The van der Waals surface area contributed by atoms with Crippen LogP contribution in [-0.2, 0) is 11.2 Å². The van der Waals surface area contributed by atoms with E-state index in [1.165, 1.54) is 5.56 Å². The highest BCUT2D eigenvalue weighted by atomic mass is 16.5. The van der Waals surface area contributed by atoms with Crippen molar-refractivity contribution in [2.45, 2.75) is 32.7 Å². The van der Waals surface area contributed by atoms with Gasteiger partial charge in [-0.3, -0.25) is 9.69 Å². The van der Waals surface area contributed by atoms with E-state index in [0.29, 0.717) is 12.5 Å². The van der Waals surface area contributed by atoms with Crippen LogP contribution in [0.25, 0.3) is 0 Å². The van der Waals surface area contributed by atoms with Crippen LogP contribution in [0.5, 0.6) is 5.75 Å². The molecule has 25 heavy (non-hydrogen) atoms. The van der Waals surface area contributed by atoms with Gasteiger partial charge in [-0.2, -0.15) is 0 Å². The first-order chi connectivity index (χ1) is 12.1. The van der Waals surface area contributed by atoms with Gasteiger partial charge in [0.1, 0.15) is 5.75 Å². The fraction of sp³-hybridized carbons (Fsp3) is 0.650. The average molecular weight is 345 g/mol. The van der Waals surface area contributed by atoms with Gasteiger partial charge in [-0.05, 0) is 44.2 Å². The maximum Gasteiger partial charge on any atom is 0.234 e. The van der Waals surface area contributed by atoms with Crippen LogP contribution in [-0.4, -0.2) is 67.6 Å². The third-order valence-electron chi connectivity index (χ3n) is 5.06. The van der Waals surface area contributed by atoms with Crippen LogP contribution >= 0.6 is 0 Å². The molecule has 1 amide bonds. The molecular weight excluding hydrogens is 314 g/mol. The topological polar surface area (TPSA) is 44.8 Å². The molecule has 3 rings (SSSR count). The van der Waals surface area contributed by atoms with Crippen molar-refractivity contribution in [1.82, 2.24) is 15.1 Å². The number of piperazine rings is 1. The molecule has 1 saturated heterocycles. The molecule has 1 unspecified atom stereocenters. The number of carbonyl (C=O) groups excluding carboxylic acids is 1. The molecule has 1 N–H and O–H groups in total. The van der Waals surface area contributed by atoms with E-state index in [1.807, 2.05) is 19.9 Å². The first kappa shape index (κ1) is 18.2. The van der Waals surface area contributed by atoms with E-state index in [0.717, 1.165) is 57.9 Å². The van der Waals surface area contributed by atoms with Crippen LogP contribution in [0, 0.1) is 5.92 Å². The molecule has 138 valence electrons. The lowest BCUT2D eigenvalue weighted by atomic mass is 9.96. The zero-order chi connectivity index (χ0) is 17.6. The first-order valence-corrected chi connectivity index (χ1v) is 9.55. The molecule has 2 aliphatic rings. The highest BCUT2D eigenvalue weighted by Crippen LogP contribution is 2.27. The van der Waals surface area contributed by atoms with Gasteiger partial charge < -0.3 is 15.0 Å². The number of amides is 1. The molecule has 2 heterocycles. The molecule has 0 aromatic heterocycles. The van der Waals surface area contributed by atoms with Crippen LogP contribution < -0.4 is 10.1 Å². The lowest BCUT2D eigenvalue weighted by molar-refractivity contribution is -0.123. The fourth-order valence-corrected chi connectivity index (χ4v) is 3.78. The third kappa shape index (κ3) is 5.44. The summed E-state index contributed by atoms with van der Waals surface area (Å²) in [6.45, 7) is 10.5. The van der Waals surface area contributed by atoms with Gasteiger partial charge in [0.05, 0.1) is 13.2 Å². The highest BCUT2D eigenvalue weighted by molar-refractivity contribution is 5.78. The van der Waals surface area contributed by atoms with E-state index >= 15 is 0 Å². The lowest BCUT2D eigenvalue weighted by Gasteiger charge is -2.36. The second-order valence-electron chi connectivity index (χ2n) is 7.61. The smallest absolute Gasteiger partial charge is 0.234 e. The molecule has 0 bridgehead atoms. The van der Waals surface area contributed by atoms with Crippen molar-refractivity contribution in [3.05, 3.63) is 29.8 Å². The highest BCUT2D eigenvalue weighted by Gasteiger charge is 2.23. The predicted molar refractivity (Wildman–Crippen MR) is 99.9 cm³/mol. The summed E-state index contributed by atoms with van der Waals surface area (Å²) in [6, 6.07) is 8.64. The molecule has 5 heteroatoms. The minimum Gasteiger partial charge on any atom is -0.493 e. The van der Waals surface area contributed by atoms with Crippen molar-refractivity contribution in [1.29, 1.82) is 0 Å². The Balaban J connectivity index is 1.44. The van der Waals surface area contributed by atoms with Gasteiger partial charge in [-0.1, -0.05) is 18.2 Å². The molecule has 0 radical (unpaired) electrons. The Hall–Kier alpha value is -1.59. The summed E-state index contributed by atoms with van der Waals surface area (Å²) in [5.41, 5.74) is 1.34. The van der Waals surface area contributed by atoms with E-state index in [1.54, 1.807) is 0 Å². The molecule has 2 aliphatic heterocycles. The molecule has 5 nitrogen and oxygen atoms in total. The number of para-hydroxylation sites is 1. The first-order valence-electron chi connectivity index (χ1n) is 9.55. The second-order valence-corrected chi connectivity index (χ2v) is 7.61. The summed E-state index contributed by atoms with van der Waals surface area (Å²) in [5, 5.41) is 2.98. The minimum atomic E-state index is 0.140. The summed E-state index contributed by atoms with van der Waals surface area (Å²) in [4.78, 5) is 16.7. The normalized spacial score (nSPS) is 22.1. The molecular formula is C20H31N3O2. The Labute approximate surface area is 151 Å². The number of carbonyl (C=O) groups is 1. The van der Waals surface area contributed by atoms with Crippen LogP contribution in [0.2, 0.25) is 0 Å². The van der Waals surface area contributed by atoms with Crippen molar-refractivity contribution in [3.8, 4) is 5.75 Å². The summed E-state index contributed by atoms with van der Waals surface area (Å²) in [7, 11) is 0. The Morgan fingerprint density at radius 1 is 1.20 bits per heavy atom. The van der Waals surface area contributed by atoms with Gasteiger partial charge in [0.25, 0.3) is 0 Å². The number of hydrogen-bond acceptors (Lipinski definition) is 4. The fourth-order valence-electron chi connectivity index (χ4n) is 3.78. The van der Waals surface area contributed by atoms with Crippen LogP contribution in [0.3, 0.4) is 0 Å². The Kier molecular flexibility index (Phi) is 6.32. The van der Waals surface area contributed by atoms with Crippen molar-refractivity contribution in [2.24, 2.45) is 5.92 Å². The molecule has 0 saturated carbocycles. The standard InChI is InChI=1S/C20H31N3O2/c1-16(2)21-20(24)15-23-10-8-22(9-11-23)14-17-7-12-25-19-6-4-3-5-18(19)13-17/h3-6,16-17H,7-15H2,1-2H3,(H,21,24). The zero-order valence-electron chi connectivity index (χ0n) is 15.5. The monoisotopic (exact) mass is 345 g/mol. The van der Waals surface area contributed by atoms with Crippen molar-refractivity contribution >= 4 is 5.91 Å². The summed E-state index contributed by atoms with van der Waals surface area (Å²) in [5.74, 6) is 1.85. The van der Waals surface area contributed by atoms with E-state index in [9.17, 15) is 4.79 Å². The van der Waals surface area contributed by atoms with Gasteiger partial charge in [-0.15, -0.1) is 0 Å². The number of fused-ring (bicyclic) bond motifs is 1. The number of rotatable bonds is 5. The van der Waals surface area contributed by atoms with Crippen LogP contribution in [0.1, 0.15) is 25.8 Å². The van der Waals surface area contributed by atoms with Crippen molar-refractivity contribution < 1.29 is 9.53 Å². The summed E-state index contributed by atoms with van der Waals surface area (Å²) in [6.07, 6.45) is 2.22. The number of nitrogens with zero attached hydrogens (tertiary/aromatic N) is 2. The van der Waals surface area contributed by atoms with Gasteiger partial charge >= 0.3 is 0 Å². The Bertz CT molecular complexity index is 568. The summed E-state index contributed by atoms with van der Waals surface area (Å²) < 4.78 is 5.89. The third-order valence-corrected chi connectivity index (χ3v) is 5.06. The van der Waals surface area contributed by atoms with Gasteiger partial charge in [0.15, 0.2) is 0 Å². The Morgan fingerprint density at radius 2 is 1.92 bits per heavy atom. The molecule has 0 spiro atoms. The summed E-state index contributed by atoms with van der Waals surface area (Å²) >= 11 is 0. The van der Waals surface area contributed by atoms with E-state index in [-0.39, 0.29) is 11.9 Å². The minimum absolute atomic E-state index is 0.140. The average Bonchev–Trinajstić information content (AvgIpc) is 2.77. The SMILES string of the molecule is CC(C)NC(=O)CN1CCN(CC2CCOc3ccccc3C2)CC1. The predicted octanol–water partition coefficient (Wildman–Crippen LogP) is 1.77. The van der Waals surface area contributed by atoms with Gasteiger partial charge in [0.2, 0.25) is 5.91 Å². The van der Waals surface area contributed by atoms with E-state index in [4.69, 9.17) is 4.74 Å². The van der Waals surface area contributed by atoms with Crippen molar-refractivity contribution in [3.63, 3.8) is 0 Å².